The Hall–Kier alpha value is -1.17. The molecule has 5 heteroatoms. The van der Waals surface area contributed by atoms with Gasteiger partial charge in [0.05, 0.1) is 12.3 Å². The molecule has 0 aliphatic heterocycles. The summed E-state index contributed by atoms with van der Waals surface area (Å²) in [5.74, 6) is -0.252. The number of nitrogens with one attached hydrogen (secondary N) is 1. The zero-order valence-corrected chi connectivity index (χ0v) is 12.7. The largest absolute Gasteiger partial charge is 0.395 e. The molecule has 2 N–H and O–H groups in total. The molecule has 4 nitrogen and oxygen atoms in total. The van der Waals surface area contributed by atoms with Crippen molar-refractivity contribution in [3.8, 4) is 0 Å². The number of nitrogens with zero attached hydrogens (tertiary/aromatic N) is 2. The van der Waals surface area contributed by atoms with Crippen molar-refractivity contribution in [2.75, 3.05) is 52.3 Å². The molecule has 0 unspecified atom stereocenters. The molecule has 1 rings (SSSR count). The van der Waals surface area contributed by atoms with Crippen molar-refractivity contribution in [1.29, 1.82) is 0 Å². The van der Waals surface area contributed by atoms with Crippen LogP contribution in [0.15, 0.2) is 18.2 Å². The van der Waals surface area contributed by atoms with Crippen LogP contribution in [0, 0.1) is 5.82 Å². The van der Waals surface area contributed by atoms with Crippen LogP contribution in [-0.2, 0) is 6.54 Å². The van der Waals surface area contributed by atoms with Crippen LogP contribution < -0.4 is 10.2 Å². The van der Waals surface area contributed by atoms with Gasteiger partial charge in [-0.2, -0.15) is 0 Å². The number of hydrogen-bond donors (Lipinski definition) is 2. The monoisotopic (exact) mass is 283 g/mol. The van der Waals surface area contributed by atoms with E-state index in [0.29, 0.717) is 12.2 Å². The Morgan fingerprint density at radius 3 is 2.60 bits per heavy atom. The third-order valence-corrected chi connectivity index (χ3v) is 3.15. The van der Waals surface area contributed by atoms with E-state index in [9.17, 15) is 4.39 Å². The molecule has 0 amide bonds. The van der Waals surface area contributed by atoms with E-state index in [-0.39, 0.29) is 12.4 Å². The molecule has 0 fully saturated rings. The van der Waals surface area contributed by atoms with Crippen molar-refractivity contribution < 1.29 is 9.50 Å². The fraction of sp³-hybridized carbons (Fsp3) is 0.600. The minimum Gasteiger partial charge on any atom is -0.395 e. The van der Waals surface area contributed by atoms with E-state index in [4.69, 9.17) is 5.11 Å². The Kier molecular flexibility index (Phi) is 7.51. The summed E-state index contributed by atoms with van der Waals surface area (Å²) in [5, 5.41) is 12.3. The zero-order chi connectivity index (χ0) is 15.0. The van der Waals surface area contributed by atoms with Crippen LogP contribution >= 0.6 is 0 Å². The van der Waals surface area contributed by atoms with Gasteiger partial charge in [-0.3, -0.25) is 0 Å². The summed E-state index contributed by atoms with van der Waals surface area (Å²) < 4.78 is 13.7. The first-order chi connectivity index (χ1) is 9.54. The van der Waals surface area contributed by atoms with Crippen LogP contribution in [-0.4, -0.2) is 57.4 Å². The number of anilines is 1. The van der Waals surface area contributed by atoms with Gasteiger partial charge in [0.25, 0.3) is 0 Å². The molecular weight excluding hydrogens is 257 g/mol. The van der Waals surface area contributed by atoms with Gasteiger partial charge < -0.3 is 20.2 Å². The molecule has 1 aromatic carbocycles. The van der Waals surface area contributed by atoms with E-state index in [1.54, 1.807) is 18.0 Å². The summed E-state index contributed by atoms with van der Waals surface area (Å²) in [5.41, 5.74) is 1.59. The molecule has 0 spiro atoms. The lowest BCUT2D eigenvalue weighted by molar-refractivity contribution is 0.303. The van der Waals surface area contributed by atoms with E-state index in [1.165, 1.54) is 6.07 Å². The summed E-state index contributed by atoms with van der Waals surface area (Å²) in [6.45, 7) is 3.17. The second-order valence-corrected chi connectivity index (χ2v) is 5.26. The molecule has 0 radical (unpaired) electrons. The molecule has 0 saturated heterocycles. The van der Waals surface area contributed by atoms with Crippen molar-refractivity contribution in [2.24, 2.45) is 0 Å². The van der Waals surface area contributed by atoms with E-state index in [0.717, 1.165) is 31.6 Å². The van der Waals surface area contributed by atoms with Crippen molar-refractivity contribution >= 4 is 5.69 Å². The number of halogens is 1. The maximum atomic E-state index is 13.7. The first kappa shape index (κ1) is 16.9. The highest BCUT2D eigenvalue weighted by Crippen LogP contribution is 2.19. The number of likely N-dealkylation sites (N-methyl/N-ethyl adjacent to an activating group) is 1. The molecule has 20 heavy (non-hydrogen) atoms. The number of aliphatic hydroxyl groups excluding tert-OH is 1. The summed E-state index contributed by atoms with van der Waals surface area (Å²) in [4.78, 5) is 3.88. The highest BCUT2D eigenvalue weighted by molar-refractivity contribution is 5.49. The Morgan fingerprint density at radius 2 is 1.95 bits per heavy atom. The van der Waals surface area contributed by atoms with Crippen LogP contribution in [0.1, 0.15) is 12.0 Å². The summed E-state index contributed by atoms with van der Waals surface area (Å²) in [6.07, 6.45) is 1.09. The van der Waals surface area contributed by atoms with Gasteiger partial charge in [-0.05, 0) is 51.3 Å². The summed E-state index contributed by atoms with van der Waals surface area (Å²) in [7, 11) is 5.90. The average Bonchev–Trinajstić information content (AvgIpc) is 2.40. The van der Waals surface area contributed by atoms with E-state index in [2.05, 4.69) is 24.3 Å². The third-order valence-electron chi connectivity index (χ3n) is 3.15. The van der Waals surface area contributed by atoms with E-state index in [1.807, 2.05) is 6.07 Å². The van der Waals surface area contributed by atoms with E-state index < -0.39 is 0 Å². The van der Waals surface area contributed by atoms with Gasteiger partial charge in [0.15, 0.2) is 0 Å². The van der Waals surface area contributed by atoms with E-state index >= 15 is 0 Å². The maximum Gasteiger partial charge on any atom is 0.146 e. The highest BCUT2D eigenvalue weighted by atomic mass is 19.1. The number of aliphatic hydroxyl groups is 1. The number of benzene rings is 1. The SMILES string of the molecule is CN(C)CCCNCc1ccc(F)c(N(C)CCO)c1. The lowest BCUT2D eigenvalue weighted by atomic mass is 10.1. The molecule has 0 atom stereocenters. The normalized spacial score (nSPS) is 11.1. The van der Waals surface area contributed by atoms with Crippen LogP contribution in [0.25, 0.3) is 0 Å². The van der Waals surface area contributed by atoms with Crippen LogP contribution in [0.5, 0.6) is 0 Å². The van der Waals surface area contributed by atoms with Gasteiger partial charge in [0, 0.05) is 20.1 Å². The molecule has 0 aliphatic carbocycles. The smallest absolute Gasteiger partial charge is 0.146 e. The average molecular weight is 283 g/mol. The minimum atomic E-state index is -0.252. The van der Waals surface area contributed by atoms with Crippen LogP contribution in [0.4, 0.5) is 10.1 Å². The minimum absolute atomic E-state index is 0.0168. The van der Waals surface area contributed by atoms with Gasteiger partial charge in [-0.1, -0.05) is 6.07 Å². The number of rotatable bonds is 9. The molecule has 0 saturated carbocycles. The van der Waals surface area contributed by atoms with Crippen molar-refractivity contribution in [2.45, 2.75) is 13.0 Å². The quantitative estimate of drug-likeness (QED) is 0.670. The van der Waals surface area contributed by atoms with Gasteiger partial charge >= 0.3 is 0 Å². The van der Waals surface area contributed by atoms with Crippen molar-refractivity contribution in [3.63, 3.8) is 0 Å². The molecular formula is C15H26FN3O. The number of hydrogen-bond acceptors (Lipinski definition) is 4. The van der Waals surface area contributed by atoms with Crippen molar-refractivity contribution in [3.05, 3.63) is 29.6 Å². The van der Waals surface area contributed by atoms with Gasteiger partial charge in [-0.15, -0.1) is 0 Å². The fourth-order valence-corrected chi connectivity index (χ4v) is 1.98. The van der Waals surface area contributed by atoms with Gasteiger partial charge in [0.1, 0.15) is 5.82 Å². The Bertz CT molecular complexity index is 399. The predicted molar refractivity (Wildman–Crippen MR) is 81.6 cm³/mol. The van der Waals surface area contributed by atoms with Crippen LogP contribution in [0.3, 0.4) is 0 Å². The van der Waals surface area contributed by atoms with Gasteiger partial charge in [-0.25, -0.2) is 4.39 Å². The second kappa shape index (κ2) is 8.89. The third kappa shape index (κ3) is 5.86. The fourth-order valence-electron chi connectivity index (χ4n) is 1.98. The van der Waals surface area contributed by atoms with Gasteiger partial charge in [0.2, 0.25) is 0 Å². The molecule has 0 heterocycles. The summed E-state index contributed by atoms with van der Waals surface area (Å²) >= 11 is 0. The zero-order valence-electron chi connectivity index (χ0n) is 12.7. The molecule has 114 valence electrons. The predicted octanol–water partition coefficient (Wildman–Crippen LogP) is 1.30. The first-order valence-electron chi connectivity index (χ1n) is 7.00. The molecule has 0 aliphatic rings. The maximum absolute atomic E-state index is 13.7. The second-order valence-electron chi connectivity index (χ2n) is 5.26. The van der Waals surface area contributed by atoms with Crippen LogP contribution in [0.2, 0.25) is 0 Å². The lowest BCUT2D eigenvalue weighted by Crippen LogP contribution is -2.23. The summed E-state index contributed by atoms with van der Waals surface area (Å²) in [6, 6.07) is 5.12. The highest BCUT2D eigenvalue weighted by Gasteiger charge is 2.08. The Labute approximate surface area is 121 Å². The standard InChI is InChI=1S/C15H26FN3O/c1-18(2)8-4-7-17-12-13-5-6-14(16)15(11-13)19(3)9-10-20/h5-6,11,17,20H,4,7-10,12H2,1-3H3. The molecule has 0 bridgehead atoms. The first-order valence-corrected chi connectivity index (χ1v) is 7.00. The van der Waals surface area contributed by atoms with Crippen molar-refractivity contribution in [1.82, 2.24) is 10.2 Å². The Morgan fingerprint density at radius 1 is 1.20 bits per heavy atom. The molecule has 1 aromatic rings. The lowest BCUT2D eigenvalue weighted by Gasteiger charge is -2.19. The topological polar surface area (TPSA) is 38.7 Å². The molecule has 0 aromatic heterocycles. The Balaban J connectivity index is 2.48.